The van der Waals surface area contributed by atoms with Crippen molar-refractivity contribution in [3.8, 4) is 17.2 Å². The van der Waals surface area contributed by atoms with Gasteiger partial charge in [-0.3, -0.25) is 14.9 Å². The second-order valence-corrected chi connectivity index (χ2v) is 8.69. The number of benzene rings is 2. The summed E-state index contributed by atoms with van der Waals surface area (Å²) in [4.78, 5) is 35.7. The molecule has 2 aromatic rings. The highest BCUT2D eigenvalue weighted by molar-refractivity contribution is 9.10. The molecule has 0 atom stereocenters. The number of hydrogen-bond acceptors (Lipinski definition) is 10. The summed E-state index contributed by atoms with van der Waals surface area (Å²) < 4.78 is 21.3. The molecule has 2 aromatic carbocycles. The molecule has 2 N–H and O–H groups in total. The van der Waals surface area contributed by atoms with Crippen LogP contribution in [0.4, 0.5) is 5.69 Å². The molecule has 1 fully saturated rings. The van der Waals surface area contributed by atoms with Crippen LogP contribution < -0.4 is 24.8 Å². The normalized spacial score (nSPS) is 15.2. The molecule has 0 saturated carbocycles. The second-order valence-electron chi connectivity index (χ2n) is 6.81. The van der Waals surface area contributed by atoms with E-state index < -0.39 is 11.9 Å². The average Bonchev–Trinajstić information content (AvgIpc) is 3.21. The van der Waals surface area contributed by atoms with Crippen molar-refractivity contribution in [1.29, 1.82) is 0 Å². The molecule has 2 amide bonds. The van der Waals surface area contributed by atoms with Gasteiger partial charge in [-0.2, -0.15) is 5.10 Å². The van der Waals surface area contributed by atoms with E-state index in [4.69, 9.17) is 14.2 Å². The largest absolute Gasteiger partial charge is 0.495 e. The number of carbonyl (C=O) groups excluding carboxylic acids is 3. The molecule has 0 aromatic heterocycles. The Morgan fingerprint density at radius 3 is 2.61 bits per heavy atom. The Bertz CT molecular complexity index is 1260. The number of carbonyl (C=O) groups is 3. The molecule has 1 saturated heterocycles. The molecule has 36 heavy (non-hydrogen) atoms. The van der Waals surface area contributed by atoms with Crippen molar-refractivity contribution < 1.29 is 33.3 Å². The first-order valence-electron chi connectivity index (χ1n) is 10.2. The molecule has 0 unspecified atom stereocenters. The summed E-state index contributed by atoms with van der Waals surface area (Å²) in [6.07, 6.45) is 2.51. The summed E-state index contributed by atoms with van der Waals surface area (Å²) in [5, 5.41) is 13.4. The van der Waals surface area contributed by atoms with Crippen LogP contribution in [0.25, 0.3) is 0 Å². The lowest BCUT2D eigenvalue weighted by Gasteiger charge is -2.14. The Morgan fingerprint density at radius 1 is 1.14 bits per heavy atom. The van der Waals surface area contributed by atoms with E-state index in [9.17, 15) is 14.4 Å². The SMILES string of the molecule is COC(=O)/C=C1/S/C(=N\N=Cc2cc(Br)c(OCC(=O)Nc3ccccc3OC)c(OC)c2)NC1=O. The van der Waals surface area contributed by atoms with Gasteiger partial charge >= 0.3 is 5.97 Å². The van der Waals surface area contributed by atoms with E-state index in [1.807, 2.05) is 0 Å². The number of amides is 2. The third-order valence-corrected chi connectivity index (χ3v) is 5.93. The van der Waals surface area contributed by atoms with Crippen molar-refractivity contribution in [2.24, 2.45) is 10.2 Å². The van der Waals surface area contributed by atoms with Gasteiger partial charge in [0.15, 0.2) is 23.3 Å². The molecular formula is C23H21BrN4O7S. The molecule has 1 heterocycles. The third kappa shape index (κ3) is 7.09. The first kappa shape index (κ1) is 26.8. The fourth-order valence-electron chi connectivity index (χ4n) is 2.82. The number of amidine groups is 1. The topological polar surface area (TPSA) is 137 Å². The zero-order valence-electron chi connectivity index (χ0n) is 19.4. The summed E-state index contributed by atoms with van der Waals surface area (Å²) in [5.41, 5.74) is 1.13. The summed E-state index contributed by atoms with van der Waals surface area (Å²) in [6.45, 7) is -0.271. The summed E-state index contributed by atoms with van der Waals surface area (Å²) in [7, 11) is 4.20. The molecule has 13 heteroatoms. The highest BCUT2D eigenvalue weighted by atomic mass is 79.9. The van der Waals surface area contributed by atoms with Crippen LogP contribution in [0.3, 0.4) is 0 Å². The number of nitrogens with zero attached hydrogens (tertiary/aromatic N) is 2. The maximum atomic E-state index is 12.4. The van der Waals surface area contributed by atoms with E-state index in [1.165, 1.54) is 27.5 Å². The number of methoxy groups -OCH3 is 3. The van der Waals surface area contributed by atoms with Crippen LogP contribution >= 0.6 is 27.7 Å². The standard InChI is InChI=1S/C23H21BrN4O7S/c1-32-16-7-5-4-6-15(16)26-19(29)12-35-21-14(24)8-13(9-17(21)33-2)11-25-28-23-27-22(31)18(36-23)10-20(30)34-3/h4-11H,12H2,1-3H3,(H,26,29)(H,27,28,31)/b18-10+,25-11?. The van der Waals surface area contributed by atoms with Gasteiger partial charge in [0.25, 0.3) is 11.8 Å². The smallest absolute Gasteiger partial charge is 0.331 e. The van der Waals surface area contributed by atoms with Crippen molar-refractivity contribution in [1.82, 2.24) is 5.32 Å². The molecule has 0 bridgehead atoms. The summed E-state index contributed by atoms with van der Waals surface area (Å²) in [5.74, 6) is -0.286. The molecule has 1 aliphatic rings. The second kappa shape index (κ2) is 12.7. The predicted molar refractivity (Wildman–Crippen MR) is 139 cm³/mol. The number of rotatable bonds is 9. The van der Waals surface area contributed by atoms with Gasteiger partial charge in [-0.25, -0.2) is 4.79 Å². The number of para-hydroxylation sites is 2. The molecule has 188 valence electrons. The van der Waals surface area contributed by atoms with Crippen LogP contribution in [0, 0.1) is 0 Å². The number of hydrogen-bond donors (Lipinski definition) is 2. The predicted octanol–water partition coefficient (Wildman–Crippen LogP) is 3.09. The first-order chi connectivity index (χ1) is 17.3. The number of anilines is 1. The molecular weight excluding hydrogens is 556 g/mol. The van der Waals surface area contributed by atoms with Crippen LogP contribution in [0.5, 0.6) is 17.2 Å². The van der Waals surface area contributed by atoms with Crippen LogP contribution in [0.15, 0.2) is 62.1 Å². The van der Waals surface area contributed by atoms with Gasteiger partial charge in [-0.05, 0) is 57.5 Å². The molecule has 0 radical (unpaired) electrons. The highest BCUT2D eigenvalue weighted by Gasteiger charge is 2.25. The van der Waals surface area contributed by atoms with E-state index >= 15 is 0 Å². The van der Waals surface area contributed by atoms with E-state index in [0.717, 1.165) is 17.8 Å². The number of ether oxygens (including phenoxy) is 4. The van der Waals surface area contributed by atoms with Gasteiger partial charge in [-0.1, -0.05) is 12.1 Å². The lowest BCUT2D eigenvalue weighted by atomic mass is 10.2. The number of nitrogens with one attached hydrogen (secondary N) is 2. The van der Waals surface area contributed by atoms with E-state index in [2.05, 4.69) is 41.5 Å². The fraction of sp³-hybridized carbons (Fsp3) is 0.174. The van der Waals surface area contributed by atoms with Gasteiger partial charge < -0.3 is 24.3 Å². The average molecular weight is 577 g/mol. The summed E-state index contributed by atoms with van der Waals surface area (Å²) >= 11 is 4.37. The van der Waals surface area contributed by atoms with Crippen LogP contribution in [-0.4, -0.2) is 57.1 Å². The molecule has 1 aliphatic heterocycles. The van der Waals surface area contributed by atoms with Gasteiger partial charge in [-0.15, -0.1) is 5.10 Å². The van der Waals surface area contributed by atoms with Crippen LogP contribution in [0.1, 0.15) is 5.56 Å². The zero-order valence-corrected chi connectivity index (χ0v) is 21.8. The van der Waals surface area contributed by atoms with E-state index in [-0.39, 0.29) is 22.6 Å². The van der Waals surface area contributed by atoms with Gasteiger partial charge in [0, 0.05) is 6.08 Å². The maximum absolute atomic E-state index is 12.4. The van der Waals surface area contributed by atoms with Gasteiger partial charge in [0.1, 0.15) is 5.75 Å². The molecule has 11 nitrogen and oxygen atoms in total. The van der Waals surface area contributed by atoms with Crippen LogP contribution in [-0.2, 0) is 19.1 Å². The lowest BCUT2D eigenvalue weighted by molar-refractivity contribution is -0.135. The highest BCUT2D eigenvalue weighted by Crippen LogP contribution is 2.36. The number of halogens is 1. The minimum absolute atomic E-state index is 0.150. The lowest BCUT2D eigenvalue weighted by Crippen LogP contribution is -2.20. The minimum atomic E-state index is -0.645. The van der Waals surface area contributed by atoms with E-state index in [0.29, 0.717) is 33.0 Å². The Labute approximate surface area is 219 Å². The third-order valence-electron chi connectivity index (χ3n) is 4.44. The van der Waals surface area contributed by atoms with Crippen LogP contribution in [0.2, 0.25) is 0 Å². The number of thioether (sulfide) groups is 1. The number of esters is 1. The molecule has 0 aliphatic carbocycles. The Morgan fingerprint density at radius 2 is 1.89 bits per heavy atom. The quantitative estimate of drug-likeness (QED) is 0.201. The van der Waals surface area contributed by atoms with Crippen molar-refractivity contribution in [3.05, 3.63) is 57.4 Å². The van der Waals surface area contributed by atoms with Gasteiger partial charge in [0.2, 0.25) is 0 Å². The Hall–Kier alpha value is -3.84. The Balaban J connectivity index is 1.66. The Kier molecular flexibility index (Phi) is 9.47. The van der Waals surface area contributed by atoms with E-state index in [1.54, 1.807) is 36.4 Å². The van der Waals surface area contributed by atoms with Crippen molar-refractivity contribution in [3.63, 3.8) is 0 Å². The monoisotopic (exact) mass is 576 g/mol. The molecule has 3 rings (SSSR count). The maximum Gasteiger partial charge on any atom is 0.331 e. The van der Waals surface area contributed by atoms with Crippen molar-refractivity contribution in [2.75, 3.05) is 33.3 Å². The zero-order chi connectivity index (χ0) is 26.1. The minimum Gasteiger partial charge on any atom is -0.495 e. The fourth-order valence-corrected chi connectivity index (χ4v) is 4.13. The van der Waals surface area contributed by atoms with Gasteiger partial charge in [0.05, 0.1) is 42.6 Å². The van der Waals surface area contributed by atoms with Crippen molar-refractivity contribution in [2.45, 2.75) is 0 Å². The van der Waals surface area contributed by atoms with Crippen molar-refractivity contribution >= 4 is 62.5 Å². The first-order valence-corrected chi connectivity index (χ1v) is 11.8. The summed E-state index contributed by atoms with van der Waals surface area (Å²) in [6, 6.07) is 10.4. The molecule has 0 spiro atoms.